The average Bonchev–Trinajstić information content (AvgIpc) is 2.08. The van der Waals surface area contributed by atoms with E-state index in [1.165, 1.54) is 6.07 Å². The van der Waals surface area contributed by atoms with Gasteiger partial charge in [0.05, 0.1) is 5.54 Å². The van der Waals surface area contributed by atoms with Crippen molar-refractivity contribution < 1.29 is 4.39 Å². The summed E-state index contributed by atoms with van der Waals surface area (Å²) in [6, 6.07) is 4.73. The lowest BCUT2D eigenvalue weighted by molar-refractivity contribution is 0.583. The Morgan fingerprint density at radius 3 is 2.50 bits per heavy atom. The molecule has 0 aliphatic heterocycles. The van der Waals surface area contributed by atoms with Crippen LogP contribution >= 0.6 is 0 Å². The van der Waals surface area contributed by atoms with E-state index in [4.69, 9.17) is 5.73 Å². The van der Waals surface area contributed by atoms with Gasteiger partial charge in [0.2, 0.25) is 0 Å². The van der Waals surface area contributed by atoms with Crippen LogP contribution < -0.4 is 11.1 Å². The molecule has 3 N–H and O–H groups in total. The Balaban J connectivity index is 2.81. The molecule has 0 amide bonds. The maximum atomic E-state index is 13.0. The third-order valence-electron chi connectivity index (χ3n) is 1.89. The predicted molar refractivity (Wildman–Crippen MR) is 66.1 cm³/mol. The Bertz CT molecular complexity index is 405. The third-order valence-corrected chi connectivity index (χ3v) is 1.89. The average molecular weight is 223 g/mol. The molecule has 1 rings (SSSR count). The van der Waals surface area contributed by atoms with E-state index >= 15 is 0 Å². The van der Waals surface area contributed by atoms with E-state index in [1.54, 1.807) is 19.1 Å². The van der Waals surface area contributed by atoms with Crippen molar-refractivity contribution >= 4 is 11.6 Å². The third kappa shape index (κ3) is 3.88. The van der Waals surface area contributed by atoms with Gasteiger partial charge < -0.3 is 11.1 Å². The van der Waals surface area contributed by atoms with Crippen LogP contribution in [0, 0.1) is 12.7 Å². The van der Waals surface area contributed by atoms with E-state index in [-0.39, 0.29) is 11.4 Å². The van der Waals surface area contributed by atoms with E-state index < -0.39 is 0 Å². The number of benzene rings is 1. The molecule has 0 spiro atoms. The summed E-state index contributed by atoms with van der Waals surface area (Å²) < 4.78 is 13.0. The lowest BCUT2D eigenvalue weighted by Gasteiger charge is -2.14. The van der Waals surface area contributed by atoms with Crippen molar-refractivity contribution in [1.29, 1.82) is 0 Å². The van der Waals surface area contributed by atoms with Crippen LogP contribution in [0.15, 0.2) is 23.2 Å². The van der Waals surface area contributed by atoms with E-state index in [0.29, 0.717) is 11.5 Å². The van der Waals surface area contributed by atoms with Crippen molar-refractivity contribution in [1.82, 2.24) is 0 Å². The summed E-state index contributed by atoms with van der Waals surface area (Å²) in [4.78, 5) is 4.25. The van der Waals surface area contributed by atoms with Crippen LogP contribution in [0.4, 0.5) is 10.1 Å². The van der Waals surface area contributed by atoms with Gasteiger partial charge in [-0.3, -0.25) is 0 Å². The first-order valence-corrected chi connectivity index (χ1v) is 5.16. The molecule has 0 atom stereocenters. The fraction of sp³-hybridized carbons (Fsp3) is 0.417. The molecule has 0 fully saturated rings. The summed E-state index contributed by atoms with van der Waals surface area (Å²) in [6.07, 6.45) is 0. The zero-order valence-electron chi connectivity index (χ0n) is 10.1. The molecule has 0 saturated heterocycles. The Labute approximate surface area is 95.6 Å². The molecule has 16 heavy (non-hydrogen) atoms. The maximum Gasteiger partial charge on any atom is 0.193 e. The Morgan fingerprint density at radius 1 is 1.38 bits per heavy atom. The van der Waals surface area contributed by atoms with Crippen molar-refractivity contribution in [2.45, 2.75) is 33.2 Å². The highest BCUT2D eigenvalue weighted by molar-refractivity contribution is 5.92. The molecule has 0 bridgehead atoms. The molecule has 88 valence electrons. The predicted octanol–water partition coefficient (Wildman–Crippen LogP) is 2.66. The summed E-state index contributed by atoms with van der Waals surface area (Å²) in [6.45, 7) is 7.57. The number of aryl methyl sites for hydroxylation is 1. The summed E-state index contributed by atoms with van der Waals surface area (Å²) in [5, 5.41) is 2.93. The molecule has 0 saturated carbocycles. The van der Waals surface area contributed by atoms with Crippen molar-refractivity contribution in [3.8, 4) is 0 Å². The maximum absolute atomic E-state index is 13.0. The van der Waals surface area contributed by atoms with Crippen LogP contribution in [0.3, 0.4) is 0 Å². The first kappa shape index (κ1) is 12.5. The summed E-state index contributed by atoms with van der Waals surface area (Å²) >= 11 is 0. The molecule has 0 aromatic heterocycles. The smallest absolute Gasteiger partial charge is 0.193 e. The second-order valence-electron chi connectivity index (χ2n) is 4.76. The van der Waals surface area contributed by atoms with Gasteiger partial charge in [-0.25, -0.2) is 9.38 Å². The number of nitrogens with zero attached hydrogens (tertiary/aromatic N) is 1. The van der Waals surface area contributed by atoms with Crippen LogP contribution in [0.2, 0.25) is 0 Å². The number of anilines is 1. The van der Waals surface area contributed by atoms with Crippen LogP contribution in [0.25, 0.3) is 0 Å². The zero-order chi connectivity index (χ0) is 12.3. The van der Waals surface area contributed by atoms with E-state index in [1.807, 2.05) is 20.8 Å². The summed E-state index contributed by atoms with van der Waals surface area (Å²) in [5.74, 6) is 0.107. The van der Waals surface area contributed by atoms with Gasteiger partial charge in [0.25, 0.3) is 0 Å². The lowest BCUT2D eigenvalue weighted by atomic mass is 10.1. The SMILES string of the molecule is Cc1cc(NC(N)=NC(C)(C)C)ccc1F. The number of hydrogen-bond donors (Lipinski definition) is 2. The Kier molecular flexibility index (Phi) is 3.52. The molecular weight excluding hydrogens is 205 g/mol. The molecule has 0 unspecified atom stereocenters. The first-order chi connectivity index (χ1) is 7.28. The highest BCUT2D eigenvalue weighted by Gasteiger charge is 2.08. The van der Waals surface area contributed by atoms with E-state index in [9.17, 15) is 4.39 Å². The molecule has 3 nitrogen and oxygen atoms in total. The standard InChI is InChI=1S/C12H18FN3/c1-8-7-9(5-6-10(8)13)15-11(14)16-12(2,3)4/h5-7H,1-4H3,(H3,14,15,16). The highest BCUT2D eigenvalue weighted by Crippen LogP contribution is 2.14. The largest absolute Gasteiger partial charge is 0.370 e. The number of aliphatic imine (C=N–C) groups is 1. The minimum Gasteiger partial charge on any atom is -0.370 e. The molecule has 1 aromatic carbocycles. The molecule has 0 radical (unpaired) electrons. The van der Waals surface area contributed by atoms with Crippen molar-refractivity contribution in [2.75, 3.05) is 5.32 Å². The monoisotopic (exact) mass is 223 g/mol. The topological polar surface area (TPSA) is 50.4 Å². The van der Waals surface area contributed by atoms with Gasteiger partial charge in [-0.1, -0.05) is 0 Å². The van der Waals surface area contributed by atoms with Crippen molar-refractivity contribution in [2.24, 2.45) is 10.7 Å². The molecule has 4 heteroatoms. The van der Waals surface area contributed by atoms with Crippen LogP contribution in [0.5, 0.6) is 0 Å². The second kappa shape index (κ2) is 4.51. The molecule has 0 aliphatic rings. The molecule has 1 aromatic rings. The number of nitrogens with two attached hydrogens (primary N) is 1. The molecule has 0 heterocycles. The first-order valence-electron chi connectivity index (χ1n) is 5.16. The van der Waals surface area contributed by atoms with Gasteiger partial charge in [0.15, 0.2) is 5.96 Å². The number of halogens is 1. The van der Waals surface area contributed by atoms with Gasteiger partial charge in [-0.2, -0.15) is 0 Å². The Morgan fingerprint density at radius 2 is 2.00 bits per heavy atom. The summed E-state index contributed by atoms with van der Waals surface area (Å²) in [7, 11) is 0. The minimum absolute atomic E-state index is 0.225. The van der Waals surface area contributed by atoms with Crippen LogP contribution in [-0.2, 0) is 0 Å². The number of guanidine groups is 1. The molecule has 0 aliphatic carbocycles. The van der Waals surface area contributed by atoms with Crippen molar-refractivity contribution in [3.63, 3.8) is 0 Å². The van der Waals surface area contributed by atoms with E-state index in [2.05, 4.69) is 10.3 Å². The minimum atomic E-state index is -0.230. The Hall–Kier alpha value is -1.58. The normalized spacial score (nSPS) is 12.7. The van der Waals surface area contributed by atoms with Gasteiger partial charge in [0.1, 0.15) is 5.82 Å². The number of nitrogens with one attached hydrogen (secondary N) is 1. The van der Waals surface area contributed by atoms with Gasteiger partial charge in [-0.05, 0) is 51.5 Å². The van der Waals surface area contributed by atoms with Crippen LogP contribution in [-0.4, -0.2) is 11.5 Å². The molecular formula is C12H18FN3. The summed E-state index contributed by atoms with van der Waals surface area (Å²) in [5.41, 5.74) is 6.81. The van der Waals surface area contributed by atoms with Gasteiger partial charge >= 0.3 is 0 Å². The fourth-order valence-electron chi connectivity index (χ4n) is 1.26. The van der Waals surface area contributed by atoms with E-state index in [0.717, 1.165) is 5.69 Å². The number of hydrogen-bond acceptors (Lipinski definition) is 1. The lowest BCUT2D eigenvalue weighted by Crippen LogP contribution is -2.27. The zero-order valence-corrected chi connectivity index (χ0v) is 10.1. The highest BCUT2D eigenvalue weighted by atomic mass is 19.1. The van der Waals surface area contributed by atoms with Crippen molar-refractivity contribution in [3.05, 3.63) is 29.6 Å². The fourth-order valence-corrected chi connectivity index (χ4v) is 1.26. The van der Waals surface area contributed by atoms with Gasteiger partial charge in [-0.15, -0.1) is 0 Å². The number of rotatable bonds is 1. The quantitative estimate of drug-likeness (QED) is 0.568. The van der Waals surface area contributed by atoms with Gasteiger partial charge in [0, 0.05) is 5.69 Å². The van der Waals surface area contributed by atoms with Crippen LogP contribution in [0.1, 0.15) is 26.3 Å². The second-order valence-corrected chi connectivity index (χ2v) is 4.76.